The number of thiophene rings is 1. The fourth-order valence-electron chi connectivity index (χ4n) is 2.10. The maximum absolute atomic E-state index is 12.2. The maximum Gasteiger partial charge on any atom is 0.263 e. The summed E-state index contributed by atoms with van der Waals surface area (Å²) < 4.78 is 0.971. The molecule has 0 radical (unpaired) electrons. The Bertz CT molecular complexity index is 453. The molecule has 1 aliphatic rings. The number of likely N-dealkylation sites (tertiary alicyclic amines) is 1. The molecule has 98 valence electrons. The molecule has 0 saturated carbocycles. The average molecular weight is 331 g/mol. The second kappa shape index (κ2) is 5.84. The zero-order valence-corrected chi connectivity index (χ0v) is 12.5. The summed E-state index contributed by atoms with van der Waals surface area (Å²) in [7, 11) is 0. The predicted octanol–water partition coefficient (Wildman–Crippen LogP) is 2.25. The van der Waals surface area contributed by atoms with Crippen molar-refractivity contribution >= 4 is 39.1 Å². The van der Waals surface area contributed by atoms with E-state index in [2.05, 4.69) is 21.2 Å². The van der Waals surface area contributed by atoms with Gasteiger partial charge in [0, 0.05) is 26.1 Å². The van der Waals surface area contributed by atoms with Crippen LogP contribution in [-0.2, 0) is 4.79 Å². The van der Waals surface area contributed by atoms with Crippen molar-refractivity contribution in [3.8, 4) is 0 Å². The molecule has 2 rings (SSSR count). The van der Waals surface area contributed by atoms with Crippen molar-refractivity contribution in [1.82, 2.24) is 10.2 Å². The number of rotatable bonds is 2. The molecule has 1 aromatic rings. The van der Waals surface area contributed by atoms with Crippen LogP contribution in [0.1, 0.15) is 29.4 Å². The van der Waals surface area contributed by atoms with Crippen LogP contribution in [0.4, 0.5) is 0 Å². The van der Waals surface area contributed by atoms with Crippen LogP contribution < -0.4 is 5.32 Å². The van der Waals surface area contributed by atoms with Crippen molar-refractivity contribution in [3.05, 3.63) is 20.8 Å². The van der Waals surface area contributed by atoms with Gasteiger partial charge in [0.25, 0.3) is 5.91 Å². The summed E-state index contributed by atoms with van der Waals surface area (Å²) in [5, 5.41) is 2.90. The first-order valence-electron chi connectivity index (χ1n) is 5.88. The first kappa shape index (κ1) is 13.5. The van der Waals surface area contributed by atoms with Crippen molar-refractivity contribution < 1.29 is 9.59 Å². The van der Waals surface area contributed by atoms with E-state index in [-0.39, 0.29) is 17.9 Å². The van der Waals surface area contributed by atoms with Gasteiger partial charge in [0.15, 0.2) is 0 Å². The highest BCUT2D eigenvalue weighted by Gasteiger charge is 2.24. The molecular formula is C12H15BrN2O2S. The lowest BCUT2D eigenvalue weighted by Crippen LogP contribution is -2.45. The molecule has 6 heteroatoms. The summed E-state index contributed by atoms with van der Waals surface area (Å²) >= 11 is 4.82. The largest absolute Gasteiger partial charge is 0.353 e. The first-order valence-corrected chi connectivity index (χ1v) is 7.49. The lowest BCUT2D eigenvalue weighted by molar-refractivity contribution is -0.119. The third-order valence-corrected chi connectivity index (χ3v) is 4.59. The summed E-state index contributed by atoms with van der Waals surface area (Å²) in [6, 6.07) is 3.94. The average Bonchev–Trinajstić information content (AvgIpc) is 2.75. The van der Waals surface area contributed by atoms with Crippen LogP contribution in [0.2, 0.25) is 0 Å². The molecular weight excluding hydrogens is 316 g/mol. The van der Waals surface area contributed by atoms with Gasteiger partial charge in [0.1, 0.15) is 0 Å². The normalized spacial score (nSPS) is 16.7. The topological polar surface area (TPSA) is 49.4 Å². The second-order valence-corrected chi connectivity index (χ2v) is 6.83. The highest BCUT2D eigenvalue weighted by atomic mass is 79.9. The molecule has 0 spiro atoms. The lowest BCUT2D eigenvalue weighted by Gasteiger charge is -2.31. The van der Waals surface area contributed by atoms with Crippen LogP contribution in [0.5, 0.6) is 0 Å². The summed E-state index contributed by atoms with van der Waals surface area (Å²) in [5.41, 5.74) is 0. The van der Waals surface area contributed by atoms with E-state index in [1.54, 1.807) is 0 Å². The Morgan fingerprint density at radius 3 is 2.56 bits per heavy atom. The molecule has 4 nitrogen and oxygen atoms in total. The van der Waals surface area contributed by atoms with Crippen LogP contribution in [0, 0.1) is 0 Å². The number of hydrogen-bond donors (Lipinski definition) is 1. The van der Waals surface area contributed by atoms with E-state index < -0.39 is 0 Å². The molecule has 0 aromatic carbocycles. The number of halogens is 1. The van der Waals surface area contributed by atoms with E-state index in [0.717, 1.165) is 21.5 Å². The van der Waals surface area contributed by atoms with Crippen LogP contribution in [-0.4, -0.2) is 35.8 Å². The number of nitrogens with one attached hydrogen (secondary N) is 1. The van der Waals surface area contributed by atoms with Gasteiger partial charge in [-0.3, -0.25) is 9.59 Å². The van der Waals surface area contributed by atoms with Crippen molar-refractivity contribution in [1.29, 1.82) is 0 Å². The monoisotopic (exact) mass is 330 g/mol. The van der Waals surface area contributed by atoms with E-state index in [0.29, 0.717) is 13.1 Å². The van der Waals surface area contributed by atoms with E-state index in [1.807, 2.05) is 17.0 Å². The van der Waals surface area contributed by atoms with Gasteiger partial charge in [0.2, 0.25) is 5.91 Å². The number of amides is 2. The second-order valence-electron chi connectivity index (χ2n) is 4.37. The Hall–Kier alpha value is -0.880. The molecule has 0 aliphatic carbocycles. The van der Waals surface area contributed by atoms with Crippen LogP contribution in [0.3, 0.4) is 0 Å². The summed E-state index contributed by atoms with van der Waals surface area (Å²) in [5.74, 6) is 0.0916. The molecule has 1 fully saturated rings. The molecule has 1 aliphatic heterocycles. The molecule has 1 aromatic heterocycles. The summed E-state index contributed by atoms with van der Waals surface area (Å²) in [4.78, 5) is 25.7. The number of hydrogen-bond acceptors (Lipinski definition) is 3. The molecule has 0 atom stereocenters. The van der Waals surface area contributed by atoms with Gasteiger partial charge in [-0.2, -0.15) is 0 Å². The van der Waals surface area contributed by atoms with Crippen LogP contribution in [0.15, 0.2) is 15.9 Å². The first-order chi connectivity index (χ1) is 8.56. The third kappa shape index (κ3) is 3.32. The van der Waals surface area contributed by atoms with E-state index in [1.165, 1.54) is 18.3 Å². The third-order valence-electron chi connectivity index (χ3n) is 2.97. The van der Waals surface area contributed by atoms with Gasteiger partial charge in [0.05, 0.1) is 8.66 Å². The highest BCUT2D eigenvalue weighted by Crippen LogP contribution is 2.24. The standard InChI is InChI=1S/C12H15BrN2O2S/c1-8(16)14-9-4-6-15(7-5-9)12(17)10-2-3-11(13)18-10/h2-3,9H,4-7H2,1H3,(H,14,16). The van der Waals surface area contributed by atoms with Gasteiger partial charge < -0.3 is 10.2 Å². The Labute approximate surface area is 118 Å². The van der Waals surface area contributed by atoms with E-state index >= 15 is 0 Å². The van der Waals surface area contributed by atoms with Gasteiger partial charge in [-0.05, 0) is 40.9 Å². The minimum Gasteiger partial charge on any atom is -0.353 e. The zero-order valence-electron chi connectivity index (χ0n) is 10.1. The van der Waals surface area contributed by atoms with Gasteiger partial charge in [-0.25, -0.2) is 0 Å². The molecule has 0 unspecified atom stereocenters. The Morgan fingerprint density at radius 2 is 2.06 bits per heavy atom. The molecule has 18 heavy (non-hydrogen) atoms. The SMILES string of the molecule is CC(=O)NC1CCN(C(=O)c2ccc(Br)s2)CC1. The van der Waals surface area contributed by atoms with Crippen LogP contribution in [0.25, 0.3) is 0 Å². The van der Waals surface area contributed by atoms with Crippen LogP contribution >= 0.6 is 27.3 Å². The van der Waals surface area contributed by atoms with Crippen molar-refractivity contribution in [3.63, 3.8) is 0 Å². The van der Waals surface area contributed by atoms with Gasteiger partial charge in [-0.1, -0.05) is 0 Å². The Kier molecular flexibility index (Phi) is 4.40. The molecule has 2 heterocycles. The molecule has 0 bridgehead atoms. The molecule has 1 N–H and O–H groups in total. The van der Waals surface area contributed by atoms with Crippen molar-refractivity contribution in [2.24, 2.45) is 0 Å². The number of carbonyl (C=O) groups excluding carboxylic acids is 2. The van der Waals surface area contributed by atoms with E-state index in [4.69, 9.17) is 0 Å². The minimum absolute atomic E-state index is 0.00182. The minimum atomic E-state index is 0.00182. The Morgan fingerprint density at radius 1 is 1.39 bits per heavy atom. The lowest BCUT2D eigenvalue weighted by atomic mass is 10.0. The zero-order chi connectivity index (χ0) is 13.1. The molecule has 2 amide bonds. The summed E-state index contributed by atoms with van der Waals surface area (Å²) in [6.07, 6.45) is 1.66. The quantitative estimate of drug-likeness (QED) is 0.904. The van der Waals surface area contributed by atoms with Crippen molar-refractivity contribution in [2.75, 3.05) is 13.1 Å². The highest BCUT2D eigenvalue weighted by molar-refractivity contribution is 9.11. The fraction of sp³-hybridized carbons (Fsp3) is 0.500. The van der Waals surface area contributed by atoms with Crippen molar-refractivity contribution in [2.45, 2.75) is 25.8 Å². The number of carbonyl (C=O) groups is 2. The fourth-order valence-corrected chi connectivity index (χ4v) is 3.45. The van der Waals surface area contributed by atoms with Gasteiger partial charge in [-0.15, -0.1) is 11.3 Å². The number of piperidine rings is 1. The van der Waals surface area contributed by atoms with E-state index in [9.17, 15) is 9.59 Å². The predicted molar refractivity (Wildman–Crippen MR) is 74.8 cm³/mol. The maximum atomic E-state index is 12.2. The van der Waals surface area contributed by atoms with Gasteiger partial charge >= 0.3 is 0 Å². The smallest absolute Gasteiger partial charge is 0.263 e. The Balaban J connectivity index is 1.90. The molecule has 1 saturated heterocycles. The summed E-state index contributed by atoms with van der Waals surface area (Å²) in [6.45, 7) is 2.94. The number of nitrogens with zero attached hydrogens (tertiary/aromatic N) is 1.